The fraction of sp³-hybridized carbons (Fsp3) is 0.556. The predicted molar refractivity (Wildman–Crippen MR) is 97.3 cm³/mol. The molecule has 2 aliphatic rings. The maximum atomic E-state index is 12.7. The second kappa shape index (κ2) is 8.04. The number of carbonyl (C=O) groups is 1. The minimum atomic E-state index is -0.248. The van der Waals surface area contributed by atoms with Gasteiger partial charge in [-0.25, -0.2) is 0 Å². The standard InChI is InChI=1S/C18H22Cl2N2O3/c19-14-7-22-8-15(20)16(14)17(21)13(18(24)10-1-2-10)9-25-12-5-3-11(23)4-6-12/h7-8,10-12,23H,1-6,9,21H2. The van der Waals surface area contributed by atoms with Crippen LogP contribution in [0.25, 0.3) is 5.70 Å². The molecule has 136 valence electrons. The fourth-order valence-electron chi connectivity index (χ4n) is 3.11. The Morgan fingerprint density at radius 1 is 1.16 bits per heavy atom. The molecule has 1 aromatic heterocycles. The number of ketones is 1. The Balaban J connectivity index is 1.82. The molecule has 0 spiro atoms. The maximum absolute atomic E-state index is 12.7. The Bertz CT molecular complexity index is 661. The molecule has 0 saturated heterocycles. The van der Waals surface area contributed by atoms with E-state index in [-0.39, 0.29) is 36.2 Å². The molecule has 5 nitrogen and oxygen atoms in total. The van der Waals surface area contributed by atoms with Gasteiger partial charge in [0.2, 0.25) is 0 Å². The highest BCUT2D eigenvalue weighted by Gasteiger charge is 2.34. The number of hydrogen-bond donors (Lipinski definition) is 2. The number of nitrogens with two attached hydrogens (primary N) is 1. The van der Waals surface area contributed by atoms with Gasteiger partial charge in [0.25, 0.3) is 0 Å². The summed E-state index contributed by atoms with van der Waals surface area (Å²) in [4.78, 5) is 16.6. The van der Waals surface area contributed by atoms with Gasteiger partial charge < -0.3 is 15.6 Å². The highest BCUT2D eigenvalue weighted by atomic mass is 35.5. The first-order valence-electron chi connectivity index (χ1n) is 8.59. The lowest BCUT2D eigenvalue weighted by Gasteiger charge is -2.26. The lowest BCUT2D eigenvalue weighted by Crippen LogP contribution is -2.27. The Morgan fingerprint density at radius 3 is 2.32 bits per heavy atom. The summed E-state index contributed by atoms with van der Waals surface area (Å²) in [6, 6.07) is 0. The van der Waals surface area contributed by atoms with Crippen molar-refractivity contribution in [2.75, 3.05) is 6.61 Å². The molecule has 0 atom stereocenters. The number of ether oxygens (including phenoxy) is 1. The molecule has 7 heteroatoms. The van der Waals surface area contributed by atoms with Crippen LogP contribution in [0, 0.1) is 5.92 Å². The van der Waals surface area contributed by atoms with Gasteiger partial charge >= 0.3 is 0 Å². The molecule has 2 fully saturated rings. The van der Waals surface area contributed by atoms with Crippen LogP contribution in [0.3, 0.4) is 0 Å². The zero-order valence-corrected chi connectivity index (χ0v) is 15.4. The first-order chi connectivity index (χ1) is 12.0. The van der Waals surface area contributed by atoms with Crippen LogP contribution >= 0.6 is 23.2 Å². The van der Waals surface area contributed by atoms with E-state index in [1.807, 2.05) is 0 Å². The van der Waals surface area contributed by atoms with E-state index in [9.17, 15) is 9.90 Å². The summed E-state index contributed by atoms with van der Waals surface area (Å²) < 4.78 is 5.94. The van der Waals surface area contributed by atoms with Gasteiger partial charge in [0.05, 0.1) is 34.6 Å². The van der Waals surface area contributed by atoms with Gasteiger partial charge in [-0.15, -0.1) is 0 Å². The van der Waals surface area contributed by atoms with Crippen molar-refractivity contribution in [2.24, 2.45) is 11.7 Å². The number of aromatic nitrogens is 1. The molecule has 0 radical (unpaired) electrons. The summed E-state index contributed by atoms with van der Waals surface area (Å²) >= 11 is 12.4. The van der Waals surface area contributed by atoms with E-state index in [2.05, 4.69) is 4.98 Å². The van der Waals surface area contributed by atoms with Crippen LogP contribution in [-0.2, 0) is 9.53 Å². The van der Waals surface area contributed by atoms with Gasteiger partial charge in [-0.05, 0) is 38.5 Å². The predicted octanol–water partition coefficient (Wildman–Crippen LogP) is 3.36. The third kappa shape index (κ3) is 4.53. The van der Waals surface area contributed by atoms with E-state index in [0.717, 1.165) is 38.5 Å². The molecule has 1 aromatic rings. The van der Waals surface area contributed by atoms with Crippen LogP contribution < -0.4 is 5.73 Å². The van der Waals surface area contributed by atoms with Gasteiger partial charge in [0, 0.05) is 29.4 Å². The fourth-order valence-corrected chi connectivity index (χ4v) is 3.67. The molecule has 0 aliphatic heterocycles. The van der Waals surface area contributed by atoms with E-state index >= 15 is 0 Å². The summed E-state index contributed by atoms with van der Waals surface area (Å²) in [5, 5.41) is 10.2. The van der Waals surface area contributed by atoms with E-state index < -0.39 is 0 Å². The molecule has 0 bridgehead atoms. The first kappa shape index (κ1) is 18.6. The van der Waals surface area contributed by atoms with Crippen LogP contribution in [0.4, 0.5) is 0 Å². The minimum absolute atomic E-state index is 0.0114. The molecule has 2 aliphatic carbocycles. The molecular weight excluding hydrogens is 363 g/mol. The summed E-state index contributed by atoms with van der Waals surface area (Å²) in [5.74, 6) is 0.0296. The van der Waals surface area contributed by atoms with Crippen LogP contribution in [0.1, 0.15) is 44.1 Å². The molecular formula is C18H22Cl2N2O3. The van der Waals surface area contributed by atoms with Crippen molar-refractivity contribution in [1.82, 2.24) is 4.98 Å². The smallest absolute Gasteiger partial charge is 0.166 e. The average Bonchev–Trinajstić information content (AvgIpc) is 3.41. The number of hydrogen-bond acceptors (Lipinski definition) is 5. The number of carbonyl (C=O) groups excluding carboxylic acids is 1. The van der Waals surface area contributed by atoms with Crippen molar-refractivity contribution >= 4 is 34.7 Å². The summed E-state index contributed by atoms with van der Waals surface area (Å²) in [6.07, 6.45) is 7.45. The summed E-state index contributed by atoms with van der Waals surface area (Å²) in [7, 11) is 0. The van der Waals surface area contributed by atoms with Crippen LogP contribution in [0.15, 0.2) is 18.0 Å². The molecule has 0 aromatic carbocycles. The zero-order chi connectivity index (χ0) is 18.0. The Kier molecular flexibility index (Phi) is 6.00. The maximum Gasteiger partial charge on any atom is 0.166 e. The normalized spacial score (nSPS) is 24.8. The van der Waals surface area contributed by atoms with Gasteiger partial charge in [-0.3, -0.25) is 9.78 Å². The van der Waals surface area contributed by atoms with Crippen molar-refractivity contribution < 1.29 is 14.6 Å². The van der Waals surface area contributed by atoms with Gasteiger partial charge in [-0.1, -0.05) is 23.2 Å². The SMILES string of the molecule is NC(=C(COC1CCC(O)CC1)C(=O)C1CC1)c1c(Cl)cncc1Cl. The topological polar surface area (TPSA) is 85.4 Å². The van der Waals surface area contributed by atoms with Crippen molar-refractivity contribution in [3.63, 3.8) is 0 Å². The number of Topliss-reactive ketones (excluding diaryl/α,β-unsaturated/α-hetero) is 1. The molecule has 3 rings (SSSR count). The third-order valence-corrected chi connectivity index (χ3v) is 5.37. The molecule has 25 heavy (non-hydrogen) atoms. The molecule has 3 N–H and O–H groups in total. The molecule has 2 saturated carbocycles. The lowest BCUT2D eigenvalue weighted by molar-refractivity contribution is -0.117. The van der Waals surface area contributed by atoms with E-state index in [4.69, 9.17) is 33.7 Å². The Labute approximate surface area is 157 Å². The van der Waals surface area contributed by atoms with Crippen LogP contribution in [0.5, 0.6) is 0 Å². The highest BCUT2D eigenvalue weighted by molar-refractivity contribution is 6.37. The number of nitrogens with zero attached hydrogens (tertiary/aromatic N) is 1. The number of pyridine rings is 1. The van der Waals surface area contributed by atoms with Crippen molar-refractivity contribution in [1.29, 1.82) is 0 Å². The van der Waals surface area contributed by atoms with Gasteiger partial charge in [0.15, 0.2) is 5.78 Å². The zero-order valence-electron chi connectivity index (χ0n) is 13.9. The quantitative estimate of drug-likeness (QED) is 0.734. The van der Waals surface area contributed by atoms with Crippen molar-refractivity contribution in [2.45, 2.75) is 50.7 Å². The van der Waals surface area contributed by atoms with Crippen molar-refractivity contribution in [3.8, 4) is 0 Å². The molecule has 1 heterocycles. The number of halogens is 2. The molecule has 0 amide bonds. The minimum Gasteiger partial charge on any atom is -0.398 e. The van der Waals surface area contributed by atoms with Crippen LogP contribution in [0.2, 0.25) is 10.0 Å². The average molecular weight is 385 g/mol. The largest absolute Gasteiger partial charge is 0.398 e. The van der Waals surface area contributed by atoms with Crippen LogP contribution in [-0.4, -0.2) is 34.7 Å². The monoisotopic (exact) mass is 384 g/mol. The third-order valence-electron chi connectivity index (χ3n) is 4.80. The molecule has 0 unspecified atom stereocenters. The number of rotatable bonds is 6. The number of aliphatic hydroxyl groups excluding tert-OH is 1. The lowest BCUT2D eigenvalue weighted by atomic mass is 9.95. The van der Waals surface area contributed by atoms with Crippen molar-refractivity contribution in [3.05, 3.63) is 33.6 Å². The van der Waals surface area contributed by atoms with Gasteiger partial charge in [0.1, 0.15) is 0 Å². The second-order valence-electron chi connectivity index (χ2n) is 6.75. The highest BCUT2D eigenvalue weighted by Crippen LogP contribution is 2.36. The Morgan fingerprint density at radius 2 is 1.76 bits per heavy atom. The van der Waals surface area contributed by atoms with E-state index in [1.54, 1.807) is 0 Å². The van der Waals surface area contributed by atoms with E-state index in [1.165, 1.54) is 12.4 Å². The summed E-state index contributed by atoms with van der Waals surface area (Å²) in [6.45, 7) is 0.136. The van der Waals surface area contributed by atoms with Gasteiger partial charge in [-0.2, -0.15) is 0 Å². The first-order valence-corrected chi connectivity index (χ1v) is 9.34. The summed E-state index contributed by atoms with van der Waals surface area (Å²) in [5.41, 5.74) is 7.42. The Hall–Kier alpha value is -1.14. The second-order valence-corrected chi connectivity index (χ2v) is 7.56. The number of aliphatic hydroxyl groups is 1. The van der Waals surface area contributed by atoms with E-state index in [0.29, 0.717) is 21.2 Å².